The van der Waals surface area contributed by atoms with Crippen molar-refractivity contribution in [2.45, 2.75) is 13.1 Å². The second-order valence-electron chi connectivity index (χ2n) is 4.78. The molecule has 0 saturated heterocycles. The van der Waals surface area contributed by atoms with Crippen LogP contribution in [0, 0.1) is 3.57 Å². The first-order valence-corrected chi connectivity index (χ1v) is 7.69. The second-order valence-corrected chi connectivity index (χ2v) is 6.02. The maximum absolute atomic E-state index is 4.75. The van der Waals surface area contributed by atoms with Gasteiger partial charge in [0.1, 0.15) is 0 Å². The molecule has 1 aromatic heterocycles. The number of benzene rings is 2. The van der Waals surface area contributed by atoms with Crippen LogP contribution in [0.3, 0.4) is 0 Å². The van der Waals surface area contributed by atoms with Gasteiger partial charge in [-0.1, -0.05) is 30.3 Å². The molecule has 0 radical (unpaired) electrons. The van der Waals surface area contributed by atoms with Gasteiger partial charge in [0.15, 0.2) is 0 Å². The predicted molar refractivity (Wildman–Crippen MR) is 90.8 cm³/mol. The van der Waals surface area contributed by atoms with Crippen molar-refractivity contribution in [3.05, 3.63) is 63.4 Å². The quantitative estimate of drug-likeness (QED) is 0.707. The SMILES string of the molecule is CNCc1nn(Cc2ccc(I)cc2)c2ccccc12. The first-order chi connectivity index (χ1) is 9.78. The maximum atomic E-state index is 4.75. The Kier molecular flexibility index (Phi) is 4.03. The maximum Gasteiger partial charge on any atom is 0.0841 e. The van der Waals surface area contributed by atoms with Crippen LogP contribution >= 0.6 is 22.6 Å². The van der Waals surface area contributed by atoms with E-state index < -0.39 is 0 Å². The fourth-order valence-corrected chi connectivity index (χ4v) is 2.74. The van der Waals surface area contributed by atoms with Crippen molar-refractivity contribution in [1.82, 2.24) is 15.1 Å². The summed E-state index contributed by atoms with van der Waals surface area (Å²) >= 11 is 2.33. The van der Waals surface area contributed by atoms with Crippen molar-refractivity contribution >= 4 is 33.5 Å². The topological polar surface area (TPSA) is 29.9 Å². The number of hydrogen-bond acceptors (Lipinski definition) is 2. The molecule has 0 aliphatic heterocycles. The highest BCUT2D eigenvalue weighted by molar-refractivity contribution is 14.1. The number of halogens is 1. The van der Waals surface area contributed by atoms with Crippen molar-refractivity contribution in [1.29, 1.82) is 0 Å². The van der Waals surface area contributed by atoms with E-state index in [1.54, 1.807) is 0 Å². The molecule has 3 aromatic rings. The summed E-state index contributed by atoms with van der Waals surface area (Å²) < 4.78 is 3.34. The van der Waals surface area contributed by atoms with E-state index in [4.69, 9.17) is 5.10 Å². The van der Waals surface area contributed by atoms with Crippen LogP contribution in [0.2, 0.25) is 0 Å². The molecule has 0 bridgehead atoms. The molecule has 3 nitrogen and oxygen atoms in total. The van der Waals surface area contributed by atoms with Crippen LogP contribution in [0.1, 0.15) is 11.3 Å². The van der Waals surface area contributed by atoms with E-state index in [1.165, 1.54) is 20.0 Å². The molecule has 0 spiro atoms. The predicted octanol–water partition coefficient (Wildman–Crippen LogP) is 3.41. The van der Waals surface area contributed by atoms with Gasteiger partial charge in [0, 0.05) is 15.5 Å². The molecule has 1 N–H and O–H groups in total. The van der Waals surface area contributed by atoms with Crippen LogP contribution in [0.25, 0.3) is 10.9 Å². The summed E-state index contributed by atoms with van der Waals surface area (Å²) in [6.07, 6.45) is 0. The normalized spacial score (nSPS) is 11.1. The lowest BCUT2D eigenvalue weighted by atomic mass is 10.2. The molecule has 0 aliphatic carbocycles. The Hall–Kier alpha value is -1.40. The number of hydrogen-bond donors (Lipinski definition) is 1. The third-order valence-electron chi connectivity index (χ3n) is 3.32. The highest BCUT2D eigenvalue weighted by atomic mass is 127. The third-order valence-corrected chi connectivity index (χ3v) is 4.04. The Morgan fingerprint density at radius 2 is 1.85 bits per heavy atom. The highest BCUT2D eigenvalue weighted by Gasteiger charge is 2.09. The monoisotopic (exact) mass is 377 g/mol. The van der Waals surface area contributed by atoms with Crippen molar-refractivity contribution < 1.29 is 0 Å². The van der Waals surface area contributed by atoms with Gasteiger partial charge in [0.05, 0.1) is 17.8 Å². The van der Waals surface area contributed by atoms with E-state index in [1.807, 2.05) is 7.05 Å². The molecule has 0 atom stereocenters. The van der Waals surface area contributed by atoms with Gasteiger partial charge in [0.2, 0.25) is 0 Å². The fourth-order valence-electron chi connectivity index (χ4n) is 2.38. The first-order valence-electron chi connectivity index (χ1n) is 6.61. The second kappa shape index (κ2) is 5.93. The van der Waals surface area contributed by atoms with E-state index in [0.717, 1.165) is 18.8 Å². The Morgan fingerprint density at radius 3 is 2.60 bits per heavy atom. The van der Waals surface area contributed by atoms with E-state index in [-0.39, 0.29) is 0 Å². The van der Waals surface area contributed by atoms with Crippen LogP contribution < -0.4 is 5.32 Å². The highest BCUT2D eigenvalue weighted by Crippen LogP contribution is 2.19. The summed E-state index contributed by atoms with van der Waals surface area (Å²) in [6.45, 7) is 1.60. The number of nitrogens with one attached hydrogen (secondary N) is 1. The smallest absolute Gasteiger partial charge is 0.0841 e. The van der Waals surface area contributed by atoms with E-state index >= 15 is 0 Å². The number of para-hydroxylation sites is 1. The zero-order valence-electron chi connectivity index (χ0n) is 11.3. The average molecular weight is 377 g/mol. The average Bonchev–Trinajstić information content (AvgIpc) is 2.81. The number of fused-ring (bicyclic) bond motifs is 1. The number of aromatic nitrogens is 2. The minimum Gasteiger partial charge on any atom is -0.314 e. The molecule has 1 heterocycles. The van der Waals surface area contributed by atoms with Crippen LogP contribution in [0.5, 0.6) is 0 Å². The Bertz CT molecular complexity index is 716. The number of rotatable bonds is 4. The molecule has 102 valence electrons. The fraction of sp³-hybridized carbons (Fsp3) is 0.188. The molecule has 0 fully saturated rings. The van der Waals surface area contributed by atoms with Crippen LogP contribution in [-0.4, -0.2) is 16.8 Å². The molecule has 0 saturated carbocycles. The van der Waals surface area contributed by atoms with Crippen molar-refractivity contribution in [3.8, 4) is 0 Å². The third kappa shape index (κ3) is 2.71. The molecule has 0 aliphatic rings. The summed E-state index contributed by atoms with van der Waals surface area (Å²) in [5.74, 6) is 0. The van der Waals surface area contributed by atoms with Gasteiger partial charge in [-0.2, -0.15) is 5.10 Å². The molecular weight excluding hydrogens is 361 g/mol. The molecule has 3 rings (SSSR count). The number of nitrogens with zero attached hydrogens (tertiary/aromatic N) is 2. The van der Waals surface area contributed by atoms with E-state index in [9.17, 15) is 0 Å². The van der Waals surface area contributed by atoms with E-state index in [0.29, 0.717) is 0 Å². The summed E-state index contributed by atoms with van der Waals surface area (Å²) in [5, 5.41) is 9.16. The molecule has 20 heavy (non-hydrogen) atoms. The van der Waals surface area contributed by atoms with Gasteiger partial charge in [0.25, 0.3) is 0 Å². The lowest BCUT2D eigenvalue weighted by Crippen LogP contribution is -2.07. The van der Waals surface area contributed by atoms with E-state index in [2.05, 4.69) is 81.1 Å². The zero-order chi connectivity index (χ0) is 13.9. The Labute approximate surface area is 132 Å². The van der Waals surface area contributed by atoms with Gasteiger partial charge in [-0.05, 0) is 53.4 Å². The summed E-state index contributed by atoms with van der Waals surface area (Å²) in [5.41, 5.74) is 3.57. The van der Waals surface area contributed by atoms with Crippen LogP contribution in [0.15, 0.2) is 48.5 Å². The minimum atomic E-state index is 0.792. The van der Waals surface area contributed by atoms with Gasteiger partial charge in [-0.15, -0.1) is 0 Å². The standard InChI is InChI=1S/C16H16IN3/c1-18-10-15-14-4-2-3-5-16(14)20(19-15)11-12-6-8-13(17)9-7-12/h2-9,18H,10-11H2,1H3. The van der Waals surface area contributed by atoms with Crippen molar-refractivity contribution in [2.24, 2.45) is 0 Å². The minimum absolute atomic E-state index is 0.792. The Balaban J connectivity index is 2.00. The molecule has 0 unspecified atom stereocenters. The largest absolute Gasteiger partial charge is 0.314 e. The van der Waals surface area contributed by atoms with Gasteiger partial charge < -0.3 is 5.32 Å². The van der Waals surface area contributed by atoms with Crippen LogP contribution in [0.4, 0.5) is 0 Å². The molecular formula is C16H16IN3. The van der Waals surface area contributed by atoms with Gasteiger partial charge in [-0.3, -0.25) is 4.68 Å². The Morgan fingerprint density at radius 1 is 1.10 bits per heavy atom. The summed E-state index contributed by atoms with van der Waals surface area (Å²) in [7, 11) is 1.95. The van der Waals surface area contributed by atoms with Gasteiger partial charge in [-0.25, -0.2) is 0 Å². The zero-order valence-corrected chi connectivity index (χ0v) is 13.5. The molecule has 2 aromatic carbocycles. The lowest BCUT2D eigenvalue weighted by molar-refractivity contribution is 0.676. The van der Waals surface area contributed by atoms with Gasteiger partial charge >= 0.3 is 0 Å². The summed E-state index contributed by atoms with van der Waals surface area (Å²) in [4.78, 5) is 0. The lowest BCUT2D eigenvalue weighted by Gasteiger charge is -2.04. The first kappa shape index (κ1) is 13.6. The summed E-state index contributed by atoms with van der Waals surface area (Å²) in [6, 6.07) is 17.0. The van der Waals surface area contributed by atoms with Crippen molar-refractivity contribution in [2.75, 3.05) is 7.05 Å². The van der Waals surface area contributed by atoms with Crippen molar-refractivity contribution in [3.63, 3.8) is 0 Å². The molecule has 4 heteroatoms. The van der Waals surface area contributed by atoms with Crippen LogP contribution in [-0.2, 0) is 13.1 Å². The molecule has 0 amide bonds.